The van der Waals surface area contributed by atoms with Gasteiger partial charge in [0.05, 0.1) is 6.04 Å². The smallest absolute Gasteiger partial charge is 0.216 e. The molecule has 2 aromatic rings. The summed E-state index contributed by atoms with van der Waals surface area (Å²) in [6.45, 7) is 0.646. The van der Waals surface area contributed by atoms with Gasteiger partial charge in [0.2, 0.25) is 5.90 Å². The van der Waals surface area contributed by atoms with Crippen LogP contribution >= 0.6 is 11.6 Å². The van der Waals surface area contributed by atoms with E-state index in [4.69, 9.17) is 16.3 Å². The molecule has 1 heterocycles. The molecule has 0 saturated heterocycles. The van der Waals surface area contributed by atoms with Crippen LogP contribution in [-0.2, 0) is 11.2 Å². The maximum Gasteiger partial charge on any atom is 0.216 e. The van der Waals surface area contributed by atoms with E-state index in [0.29, 0.717) is 6.61 Å². The van der Waals surface area contributed by atoms with Crippen LogP contribution in [0.25, 0.3) is 0 Å². The van der Waals surface area contributed by atoms with Crippen molar-refractivity contribution in [3.05, 3.63) is 70.7 Å². The first-order chi connectivity index (χ1) is 9.31. The molecule has 0 N–H and O–H groups in total. The van der Waals surface area contributed by atoms with Crippen molar-refractivity contribution < 1.29 is 4.74 Å². The normalized spacial score (nSPS) is 17.9. The van der Waals surface area contributed by atoms with E-state index in [1.54, 1.807) is 0 Å². The summed E-state index contributed by atoms with van der Waals surface area (Å²) in [4.78, 5) is 4.63. The van der Waals surface area contributed by atoms with Gasteiger partial charge in [-0.2, -0.15) is 0 Å². The summed E-state index contributed by atoms with van der Waals surface area (Å²) >= 11 is 5.87. The third-order valence-electron chi connectivity index (χ3n) is 3.12. The van der Waals surface area contributed by atoms with Gasteiger partial charge in [0.1, 0.15) is 6.61 Å². The van der Waals surface area contributed by atoms with E-state index in [2.05, 4.69) is 29.3 Å². The summed E-state index contributed by atoms with van der Waals surface area (Å²) in [5.74, 6) is 0.720. The molecule has 0 saturated carbocycles. The molecule has 96 valence electrons. The van der Waals surface area contributed by atoms with E-state index in [1.807, 2.05) is 30.3 Å². The lowest BCUT2D eigenvalue weighted by Gasteiger charge is -2.04. The lowest BCUT2D eigenvalue weighted by Crippen LogP contribution is -2.09. The maximum absolute atomic E-state index is 5.87. The Morgan fingerprint density at radius 2 is 1.79 bits per heavy atom. The van der Waals surface area contributed by atoms with Crippen LogP contribution in [0, 0.1) is 0 Å². The Hall–Kier alpha value is -1.80. The van der Waals surface area contributed by atoms with Gasteiger partial charge >= 0.3 is 0 Å². The van der Waals surface area contributed by atoms with Crippen LogP contribution < -0.4 is 0 Å². The SMILES string of the molecule is Clc1ccc(C2=N[C@H](Cc3ccccc3)CO2)cc1. The molecule has 1 aliphatic heterocycles. The molecule has 1 aliphatic rings. The first-order valence-electron chi connectivity index (χ1n) is 6.32. The second-order valence-electron chi connectivity index (χ2n) is 4.60. The summed E-state index contributed by atoms with van der Waals surface area (Å²) in [5.41, 5.74) is 2.28. The highest BCUT2D eigenvalue weighted by molar-refractivity contribution is 6.30. The zero-order chi connectivity index (χ0) is 13.1. The fourth-order valence-corrected chi connectivity index (χ4v) is 2.28. The zero-order valence-corrected chi connectivity index (χ0v) is 11.2. The quantitative estimate of drug-likeness (QED) is 0.834. The average molecular weight is 272 g/mol. The monoisotopic (exact) mass is 271 g/mol. The van der Waals surface area contributed by atoms with Crippen molar-refractivity contribution in [1.29, 1.82) is 0 Å². The van der Waals surface area contributed by atoms with Crippen molar-refractivity contribution in [2.45, 2.75) is 12.5 Å². The van der Waals surface area contributed by atoms with Crippen LogP contribution in [0.1, 0.15) is 11.1 Å². The highest BCUT2D eigenvalue weighted by atomic mass is 35.5. The second kappa shape index (κ2) is 5.45. The van der Waals surface area contributed by atoms with Crippen LogP contribution in [0.2, 0.25) is 5.02 Å². The summed E-state index contributed by atoms with van der Waals surface area (Å²) in [6.07, 6.45) is 0.915. The van der Waals surface area contributed by atoms with Crippen LogP contribution in [0.4, 0.5) is 0 Å². The molecule has 0 aromatic heterocycles. The Morgan fingerprint density at radius 1 is 1.05 bits per heavy atom. The van der Waals surface area contributed by atoms with Gasteiger partial charge in [-0.05, 0) is 36.2 Å². The van der Waals surface area contributed by atoms with Gasteiger partial charge < -0.3 is 4.74 Å². The van der Waals surface area contributed by atoms with Crippen LogP contribution in [0.5, 0.6) is 0 Å². The molecule has 2 aromatic carbocycles. The van der Waals surface area contributed by atoms with Gasteiger partial charge in [0.25, 0.3) is 0 Å². The summed E-state index contributed by atoms with van der Waals surface area (Å²) in [7, 11) is 0. The van der Waals surface area contributed by atoms with Gasteiger partial charge in [-0.25, -0.2) is 4.99 Å². The minimum atomic E-state index is 0.202. The number of benzene rings is 2. The van der Waals surface area contributed by atoms with E-state index in [9.17, 15) is 0 Å². The summed E-state index contributed by atoms with van der Waals surface area (Å²) < 4.78 is 5.67. The molecule has 19 heavy (non-hydrogen) atoms. The number of halogens is 1. The first-order valence-corrected chi connectivity index (χ1v) is 6.69. The standard InChI is InChI=1S/C16H14ClNO/c17-14-8-6-13(7-9-14)16-18-15(11-19-16)10-12-4-2-1-3-5-12/h1-9,15H,10-11H2/t15-/m1/s1. The molecule has 0 aliphatic carbocycles. The van der Waals surface area contributed by atoms with E-state index in [1.165, 1.54) is 5.56 Å². The van der Waals surface area contributed by atoms with Gasteiger partial charge in [0, 0.05) is 10.6 Å². The molecular weight excluding hydrogens is 258 g/mol. The minimum absolute atomic E-state index is 0.202. The number of ether oxygens (including phenoxy) is 1. The van der Waals surface area contributed by atoms with Gasteiger partial charge in [-0.3, -0.25) is 0 Å². The van der Waals surface area contributed by atoms with E-state index < -0.39 is 0 Å². The molecule has 3 heteroatoms. The Balaban J connectivity index is 1.72. The Labute approximate surface area is 117 Å². The van der Waals surface area contributed by atoms with Gasteiger partial charge in [0.15, 0.2) is 0 Å². The Morgan fingerprint density at radius 3 is 2.53 bits per heavy atom. The van der Waals surface area contributed by atoms with Crippen LogP contribution in [0.15, 0.2) is 59.6 Å². The lowest BCUT2D eigenvalue weighted by atomic mass is 10.1. The Bertz CT molecular complexity index is 577. The largest absolute Gasteiger partial charge is 0.475 e. The summed E-state index contributed by atoms with van der Waals surface area (Å²) in [6, 6.07) is 18.2. The van der Waals surface area contributed by atoms with Gasteiger partial charge in [-0.1, -0.05) is 41.9 Å². The maximum atomic E-state index is 5.87. The molecule has 2 nitrogen and oxygen atoms in total. The number of rotatable bonds is 3. The summed E-state index contributed by atoms with van der Waals surface area (Å²) in [5, 5.41) is 0.725. The molecule has 0 amide bonds. The molecule has 0 unspecified atom stereocenters. The van der Waals surface area contributed by atoms with Crippen molar-refractivity contribution in [2.24, 2.45) is 4.99 Å². The lowest BCUT2D eigenvalue weighted by molar-refractivity contribution is 0.317. The highest BCUT2D eigenvalue weighted by Crippen LogP contribution is 2.17. The van der Waals surface area contributed by atoms with E-state index in [0.717, 1.165) is 22.9 Å². The third-order valence-corrected chi connectivity index (χ3v) is 3.37. The fraction of sp³-hybridized carbons (Fsp3) is 0.188. The van der Waals surface area contributed by atoms with E-state index >= 15 is 0 Å². The topological polar surface area (TPSA) is 21.6 Å². The van der Waals surface area contributed by atoms with Crippen LogP contribution in [0.3, 0.4) is 0 Å². The Kier molecular flexibility index (Phi) is 3.51. The van der Waals surface area contributed by atoms with Crippen molar-refractivity contribution in [3.63, 3.8) is 0 Å². The molecule has 0 fully saturated rings. The first kappa shape index (κ1) is 12.2. The molecular formula is C16H14ClNO. The third kappa shape index (κ3) is 2.96. The van der Waals surface area contributed by atoms with Crippen LogP contribution in [-0.4, -0.2) is 18.5 Å². The highest BCUT2D eigenvalue weighted by Gasteiger charge is 2.20. The second-order valence-corrected chi connectivity index (χ2v) is 5.03. The number of nitrogens with zero attached hydrogens (tertiary/aromatic N) is 1. The molecule has 3 rings (SSSR count). The number of hydrogen-bond acceptors (Lipinski definition) is 2. The molecule has 0 radical (unpaired) electrons. The van der Waals surface area contributed by atoms with E-state index in [-0.39, 0.29) is 6.04 Å². The van der Waals surface area contributed by atoms with Crippen molar-refractivity contribution in [2.75, 3.05) is 6.61 Å². The predicted octanol–water partition coefficient (Wildman–Crippen LogP) is 3.73. The molecule has 0 spiro atoms. The zero-order valence-electron chi connectivity index (χ0n) is 10.4. The molecule has 0 bridgehead atoms. The average Bonchev–Trinajstić information content (AvgIpc) is 2.89. The minimum Gasteiger partial charge on any atom is -0.475 e. The van der Waals surface area contributed by atoms with Crippen molar-refractivity contribution in [1.82, 2.24) is 0 Å². The predicted molar refractivity (Wildman–Crippen MR) is 77.9 cm³/mol. The fourth-order valence-electron chi connectivity index (χ4n) is 2.16. The molecule has 1 atom stereocenters. The van der Waals surface area contributed by atoms with Crippen molar-refractivity contribution >= 4 is 17.5 Å². The number of hydrogen-bond donors (Lipinski definition) is 0. The van der Waals surface area contributed by atoms with Gasteiger partial charge in [-0.15, -0.1) is 0 Å². The number of aliphatic imine (C=N–C) groups is 1. The van der Waals surface area contributed by atoms with Crippen molar-refractivity contribution in [3.8, 4) is 0 Å².